The molecule has 170 valence electrons. The van der Waals surface area contributed by atoms with E-state index in [4.69, 9.17) is 23.2 Å². The molecule has 0 aliphatic carbocycles. The third-order valence-corrected chi connectivity index (χ3v) is 6.53. The molecule has 4 aromatic rings. The quantitative estimate of drug-likeness (QED) is 0.353. The van der Waals surface area contributed by atoms with Crippen LogP contribution < -0.4 is 5.56 Å². The molecule has 1 aromatic heterocycles. The van der Waals surface area contributed by atoms with Gasteiger partial charge in [-0.2, -0.15) is 5.10 Å². The first-order valence-electron chi connectivity index (χ1n) is 10.9. The van der Waals surface area contributed by atoms with Crippen molar-refractivity contribution in [2.45, 2.75) is 19.4 Å². The fraction of sp³-hybridized carbons (Fsp3) is 0.148. The Bertz CT molecular complexity index is 1480. The molecule has 1 aliphatic heterocycles. The standard InChI is InChI=1S/C27H21Cl2N3O2/c1-16-7-9-17(10-8-16)23-14-22(31-32(23)24(33)15-28)26-25(18-5-3-2-4-6-18)20-13-19(29)11-12-21(20)30-27(26)34/h2-13,23H,14-15H2,1H3,(H,30,34). The van der Waals surface area contributed by atoms with E-state index in [2.05, 4.69) is 10.1 Å². The van der Waals surface area contributed by atoms with E-state index >= 15 is 0 Å². The maximum atomic E-state index is 13.4. The van der Waals surface area contributed by atoms with E-state index in [0.29, 0.717) is 28.2 Å². The zero-order valence-corrected chi connectivity index (χ0v) is 19.9. The van der Waals surface area contributed by atoms with Crippen LogP contribution in [0.5, 0.6) is 0 Å². The summed E-state index contributed by atoms with van der Waals surface area (Å²) in [5.74, 6) is -0.516. The lowest BCUT2D eigenvalue weighted by atomic mass is 9.91. The van der Waals surface area contributed by atoms with E-state index < -0.39 is 0 Å². The highest BCUT2D eigenvalue weighted by molar-refractivity contribution is 6.31. The summed E-state index contributed by atoms with van der Waals surface area (Å²) >= 11 is 12.3. The fourth-order valence-corrected chi connectivity index (χ4v) is 4.74. The Labute approximate surface area is 206 Å². The molecular formula is C27H21Cl2N3O2. The van der Waals surface area contributed by atoms with Crippen LogP contribution in [-0.4, -0.2) is 27.5 Å². The smallest absolute Gasteiger partial charge is 0.258 e. The van der Waals surface area contributed by atoms with Gasteiger partial charge in [-0.1, -0.05) is 71.8 Å². The third kappa shape index (κ3) is 4.02. The number of halogens is 2. The lowest BCUT2D eigenvalue weighted by Crippen LogP contribution is -2.27. The highest BCUT2D eigenvalue weighted by Crippen LogP contribution is 2.37. The zero-order chi connectivity index (χ0) is 23.8. The van der Waals surface area contributed by atoms with Gasteiger partial charge in [-0.25, -0.2) is 5.01 Å². The molecule has 7 heteroatoms. The second-order valence-electron chi connectivity index (χ2n) is 8.31. The predicted octanol–water partition coefficient (Wildman–Crippen LogP) is 6.07. The number of carbonyl (C=O) groups excluding carboxylic acids is 1. The number of hydrogen-bond acceptors (Lipinski definition) is 3. The van der Waals surface area contributed by atoms with Gasteiger partial charge in [-0.05, 0) is 36.2 Å². The molecular weight excluding hydrogens is 469 g/mol. The Morgan fingerprint density at radius 1 is 1.06 bits per heavy atom. The SMILES string of the molecule is Cc1ccc(C2CC(c3c(-c4ccccc4)c4cc(Cl)ccc4[nH]c3=O)=NN2C(=O)CCl)cc1. The van der Waals surface area contributed by atoms with Crippen molar-refractivity contribution in [1.29, 1.82) is 0 Å². The lowest BCUT2D eigenvalue weighted by Gasteiger charge is -2.21. The minimum atomic E-state index is -0.347. The van der Waals surface area contributed by atoms with Crippen LogP contribution in [-0.2, 0) is 4.79 Å². The summed E-state index contributed by atoms with van der Waals surface area (Å²) in [6.45, 7) is 2.01. The number of aromatic amines is 1. The summed E-state index contributed by atoms with van der Waals surface area (Å²) in [7, 11) is 0. The number of rotatable bonds is 4. The number of nitrogens with one attached hydrogen (secondary N) is 1. The topological polar surface area (TPSA) is 65.5 Å². The molecule has 0 fully saturated rings. The Kier molecular flexibility index (Phi) is 5.98. The number of alkyl halides is 1. The molecule has 1 amide bonds. The normalized spacial score (nSPS) is 15.6. The Balaban J connectivity index is 1.74. The number of carbonyl (C=O) groups is 1. The van der Waals surface area contributed by atoms with Gasteiger partial charge in [0.1, 0.15) is 5.88 Å². The monoisotopic (exact) mass is 489 g/mol. The van der Waals surface area contributed by atoms with E-state index in [1.165, 1.54) is 5.01 Å². The Morgan fingerprint density at radius 2 is 1.79 bits per heavy atom. The lowest BCUT2D eigenvalue weighted by molar-refractivity contribution is -0.130. The van der Waals surface area contributed by atoms with Crippen LogP contribution in [0.15, 0.2) is 82.7 Å². The van der Waals surface area contributed by atoms with Gasteiger partial charge in [0.05, 0.1) is 17.3 Å². The van der Waals surface area contributed by atoms with Crippen molar-refractivity contribution in [1.82, 2.24) is 9.99 Å². The predicted molar refractivity (Wildman–Crippen MR) is 138 cm³/mol. The van der Waals surface area contributed by atoms with Crippen molar-refractivity contribution in [3.63, 3.8) is 0 Å². The van der Waals surface area contributed by atoms with Gasteiger partial charge in [0.25, 0.3) is 11.5 Å². The summed E-state index contributed by atoms with van der Waals surface area (Å²) in [4.78, 5) is 29.1. The summed E-state index contributed by atoms with van der Waals surface area (Å²) in [6, 6.07) is 22.7. The number of aryl methyl sites for hydroxylation is 1. The molecule has 3 aromatic carbocycles. The number of fused-ring (bicyclic) bond motifs is 1. The molecule has 34 heavy (non-hydrogen) atoms. The first kappa shape index (κ1) is 22.4. The van der Waals surface area contributed by atoms with Gasteiger partial charge in [-0.3, -0.25) is 9.59 Å². The molecule has 0 saturated carbocycles. The number of amides is 1. The van der Waals surface area contributed by atoms with Crippen molar-refractivity contribution in [3.05, 3.63) is 105 Å². The molecule has 0 spiro atoms. The van der Waals surface area contributed by atoms with Gasteiger partial charge in [0.15, 0.2) is 0 Å². The summed E-state index contributed by atoms with van der Waals surface area (Å²) in [5.41, 5.74) is 5.04. The van der Waals surface area contributed by atoms with Crippen LogP contribution in [0, 0.1) is 6.92 Å². The van der Waals surface area contributed by atoms with Crippen LogP contribution in [0.3, 0.4) is 0 Å². The average molecular weight is 490 g/mol. The van der Waals surface area contributed by atoms with E-state index in [9.17, 15) is 9.59 Å². The van der Waals surface area contributed by atoms with E-state index in [-0.39, 0.29) is 23.4 Å². The number of hydrazone groups is 1. The Hall–Kier alpha value is -3.41. The summed E-state index contributed by atoms with van der Waals surface area (Å²) in [5, 5.41) is 7.43. The van der Waals surface area contributed by atoms with Gasteiger partial charge in [-0.15, -0.1) is 11.6 Å². The summed E-state index contributed by atoms with van der Waals surface area (Å²) < 4.78 is 0. The number of nitrogens with zero attached hydrogens (tertiary/aromatic N) is 2. The van der Waals surface area contributed by atoms with Crippen LogP contribution >= 0.6 is 23.2 Å². The van der Waals surface area contributed by atoms with Gasteiger partial charge < -0.3 is 4.98 Å². The highest BCUT2D eigenvalue weighted by atomic mass is 35.5. The van der Waals surface area contributed by atoms with Crippen LogP contribution in [0.4, 0.5) is 0 Å². The molecule has 5 rings (SSSR count). The molecule has 5 nitrogen and oxygen atoms in total. The number of pyridine rings is 1. The van der Waals surface area contributed by atoms with Crippen LogP contribution in [0.2, 0.25) is 5.02 Å². The highest BCUT2D eigenvalue weighted by Gasteiger charge is 2.35. The van der Waals surface area contributed by atoms with Crippen molar-refractivity contribution in [2.24, 2.45) is 5.10 Å². The zero-order valence-electron chi connectivity index (χ0n) is 18.4. The first-order valence-corrected chi connectivity index (χ1v) is 11.8. The first-order chi connectivity index (χ1) is 16.5. The maximum absolute atomic E-state index is 13.4. The van der Waals surface area contributed by atoms with E-state index in [0.717, 1.165) is 27.6 Å². The van der Waals surface area contributed by atoms with Gasteiger partial charge in [0.2, 0.25) is 0 Å². The number of benzene rings is 3. The van der Waals surface area contributed by atoms with E-state index in [1.807, 2.05) is 67.6 Å². The van der Waals surface area contributed by atoms with Crippen molar-refractivity contribution >= 4 is 45.7 Å². The largest absolute Gasteiger partial charge is 0.321 e. The molecule has 1 aliphatic rings. The van der Waals surface area contributed by atoms with Crippen LogP contribution in [0.1, 0.15) is 29.2 Å². The van der Waals surface area contributed by atoms with Crippen molar-refractivity contribution in [3.8, 4) is 11.1 Å². The minimum Gasteiger partial charge on any atom is -0.321 e. The molecule has 1 unspecified atom stereocenters. The Morgan fingerprint density at radius 3 is 2.50 bits per heavy atom. The van der Waals surface area contributed by atoms with Crippen molar-refractivity contribution < 1.29 is 4.79 Å². The van der Waals surface area contributed by atoms with Gasteiger partial charge in [0, 0.05) is 27.9 Å². The number of H-pyrrole nitrogens is 1. The molecule has 1 N–H and O–H groups in total. The third-order valence-electron chi connectivity index (χ3n) is 6.07. The second-order valence-corrected chi connectivity index (χ2v) is 9.01. The fourth-order valence-electron chi connectivity index (χ4n) is 4.45. The van der Waals surface area contributed by atoms with Crippen molar-refractivity contribution in [2.75, 3.05) is 5.88 Å². The average Bonchev–Trinajstić information content (AvgIpc) is 3.29. The molecule has 1 atom stereocenters. The number of hydrogen-bond donors (Lipinski definition) is 1. The van der Waals surface area contributed by atoms with Crippen LogP contribution in [0.25, 0.3) is 22.0 Å². The molecule has 2 heterocycles. The molecule has 0 saturated heterocycles. The molecule has 0 radical (unpaired) electrons. The molecule has 0 bridgehead atoms. The second kappa shape index (κ2) is 9.09. The van der Waals surface area contributed by atoms with E-state index in [1.54, 1.807) is 12.1 Å². The minimum absolute atomic E-state index is 0.200. The van der Waals surface area contributed by atoms with Gasteiger partial charge >= 0.3 is 0 Å². The summed E-state index contributed by atoms with van der Waals surface area (Å²) in [6.07, 6.45) is 0.390. The number of aromatic nitrogens is 1. The maximum Gasteiger partial charge on any atom is 0.258 e.